The number of anilines is 1. The molecule has 0 saturated heterocycles. The van der Waals surface area contributed by atoms with E-state index >= 15 is 0 Å². The largest absolute Gasteiger partial charge is 0.495 e. The Balaban J connectivity index is 1.59. The Morgan fingerprint density at radius 3 is 2.76 bits per heavy atom. The molecule has 1 spiro atoms. The molecular weight excluding hydrogens is 463 g/mol. The Labute approximate surface area is 175 Å². The van der Waals surface area contributed by atoms with Crippen molar-refractivity contribution >= 4 is 31.8 Å². The van der Waals surface area contributed by atoms with E-state index in [1.807, 2.05) is 12.1 Å². The summed E-state index contributed by atoms with van der Waals surface area (Å²) in [7, 11) is -2.80. The smallest absolute Gasteiger partial charge is 0.266 e. The number of ether oxygens (including phenoxy) is 1. The molecule has 5 rings (SSSR count). The van der Waals surface area contributed by atoms with Gasteiger partial charge in [-0.2, -0.15) is 0 Å². The van der Waals surface area contributed by atoms with E-state index in [0.29, 0.717) is 17.7 Å². The van der Waals surface area contributed by atoms with Crippen LogP contribution in [0, 0.1) is 5.82 Å². The molecule has 3 aromatic rings. The van der Waals surface area contributed by atoms with E-state index in [9.17, 15) is 12.8 Å². The Bertz CT molecular complexity index is 1250. The Hall–Kier alpha value is -2.39. The molecule has 0 bridgehead atoms. The molecule has 1 saturated carbocycles. The van der Waals surface area contributed by atoms with Gasteiger partial charge >= 0.3 is 0 Å². The summed E-state index contributed by atoms with van der Waals surface area (Å²) < 4.78 is 53.6. The van der Waals surface area contributed by atoms with Crippen LogP contribution in [-0.2, 0) is 21.9 Å². The molecular formula is C20H16BrFN2O4S. The summed E-state index contributed by atoms with van der Waals surface area (Å²) in [6.45, 7) is 0. The summed E-state index contributed by atoms with van der Waals surface area (Å²) in [5.41, 5.74) is 2.82. The van der Waals surface area contributed by atoms with Crippen LogP contribution in [0.4, 0.5) is 10.2 Å². The van der Waals surface area contributed by atoms with Crippen LogP contribution >= 0.6 is 15.9 Å². The third kappa shape index (κ3) is 2.95. The number of benzene rings is 2. The van der Waals surface area contributed by atoms with E-state index in [2.05, 4.69) is 31.9 Å². The minimum atomic E-state index is -4.13. The fourth-order valence-corrected chi connectivity index (χ4v) is 5.58. The van der Waals surface area contributed by atoms with Crippen molar-refractivity contribution < 1.29 is 22.1 Å². The highest BCUT2D eigenvalue weighted by Gasteiger charge is 2.50. The van der Waals surface area contributed by atoms with Gasteiger partial charge in [-0.1, -0.05) is 27.2 Å². The van der Waals surface area contributed by atoms with Crippen LogP contribution in [-0.4, -0.2) is 20.7 Å². The van der Waals surface area contributed by atoms with E-state index in [-0.39, 0.29) is 21.9 Å². The topological polar surface area (TPSA) is 81.4 Å². The average Bonchev–Trinajstić information content (AvgIpc) is 3.35. The number of rotatable bonds is 4. The molecule has 1 fully saturated rings. The lowest BCUT2D eigenvalue weighted by atomic mass is 9.79. The quantitative estimate of drug-likeness (QED) is 0.590. The molecule has 0 amide bonds. The number of hydrogen-bond acceptors (Lipinski definition) is 5. The van der Waals surface area contributed by atoms with Crippen molar-refractivity contribution in [1.29, 1.82) is 0 Å². The van der Waals surface area contributed by atoms with Crippen LogP contribution in [0.5, 0.6) is 5.75 Å². The minimum Gasteiger partial charge on any atom is -0.495 e. The second kappa shape index (κ2) is 6.30. The van der Waals surface area contributed by atoms with Crippen LogP contribution in [0.25, 0.3) is 11.3 Å². The van der Waals surface area contributed by atoms with Gasteiger partial charge in [-0.25, -0.2) is 12.8 Å². The number of aromatic nitrogens is 1. The number of sulfonamides is 1. The first-order chi connectivity index (χ1) is 13.8. The fourth-order valence-electron chi connectivity index (χ4n) is 4.01. The van der Waals surface area contributed by atoms with Gasteiger partial charge in [-0.05, 0) is 55.2 Å². The highest BCUT2D eigenvalue weighted by molar-refractivity contribution is 9.10. The van der Waals surface area contributed by atoms with Crippen molar-refractivity contribution in [1.82, 2.24) is 5.16 Å². The summed E-state index contributed by atoms with van der Waals surface area (Å²) >= 11 is 3.49. The van der Waals surface area contributed by atoms with Crippen LogP contribution in [0.15, 0.2) is 50.3 Å². The molecule has 150 valence electrons. The van der Waals surface area contributed by atoms with Crippen molar-refractivity contribution in [3.63, 3.8) is 0 Å². The predicted octanol–water partition coefficient (Wildman–Crippen LogP) is 4.64. The van der Waals surface area contributed by atoms with Gasteiger partial charge in [-0.15, -0.1) is 0 Å². The third-order valence-electron chi connectivity index (χ3n) is 5.60. The predicted molar refractivity (Wildman–Crippen MR) is 108 cm³/mol. The highest BCUT2D eigenvalue weighted by Crippen LogP contribution is 2.58. The molecule has 29 heavy (non-hydrogen) atoms. The summed E-state index contributed by atoms with van der Waals surface area (Å²) in [5.74, 6) is 0.0548. The molecule has 0 radical (unpaired) electrons. The summed E-state index contributed by atoms with van der Waals surface area (Å²) in [6.07, 6.45) is 2.69. The van der Waals surface area contributed by atoms with Crippen molar-refractivity contribution in [2.75, 3.05) is 11.8 Å². The number of halogens is 2. The van der Waals surface area contributed by atoms with E-state index < -0.39 is 15.8 Å². The molecule has 0 aliphatic heterocycles. The second-order valence-corrected chi connectivity index (χ2v) is 9.95. The first-order valence-electron chi connectivity index (χ1n) is 8.98. The second-order valence-electron chi connectivity index (χ2n) is 7.39. The zero-order valence-electron chi connectivity index (χ0n) is 15.3. The van der Waals surface area contributed by atoms with Crippen LogP contribution in [0.1, 0.15) is 24.0 Å². The van der Waals surface area contributed by atoms with Crippen LogP contribution in [0.2, 0.25) is 0 Å². The Morgan fingerprint density at radius 1 is 1.24 bits per heavy atom. The zero-order valence-corrected chi connectivity index (χ0v) is 17.7. The van der Waals surface area contributed by atoms with Gasteiger partial charge in [0, 0.05) is 21.0 Å². The molecule has 2 aromatic carbocycles. The minimum absolute atomic E-state index is 0.00861. The SMILES string of the molecule is COc1ccc(F)cc1S(=O)(=O)Nc1noc2c1CC1(CC1)c1ccc(Br)cc1-2. The van der Waals surface area contributed by atoms with Crippen LogP contribution < -0.4 is 9.46 Å². The molecule has 1 aromatic heterocycles. The molecule has 6 nitrogen and oxygen atoms in total. The molecule has 1 N–H and O–H groups in total. The monoisotopic (exact) mass is 478 g/mol. The zero-order chi connectivity index (χ0) is 20.4. The van der Waals surface area contributed by atoms with Crippen molar-refractivity contribution in [2.45, 2.75) is 29.6 Å². The lowest BCUT2D eigenvalue weighted by Crippen LogP contribution is -2.20. The standard InChI is InChI=1S/C20H16BrFN2O4S/c1-27-16-5-3-12(22)9-17(16)29(25,26)24-19-14-10-20(6-7-20)15-4-2-11(21)8-13(15)18(14)28-23-19/h2-5,8-9H,6-7,10H2,1H3,(H,23,24). The van der Waals surface area contributed by atoms with Crippen LogP contribution in [0.3, 0.4) is 0 Å². The van der Waals surface area contributed by atoms with Gasteiger partial charge in [0.15, 0.2) is 11.6 Å². The maximum Gasteiger partial charge on any atom is 0.266 e. The number of nitrogens with one attached hydrogen (secondary N) is 1. The van der Waals surface area contributed by atoms with Crippen molar-refractivity contribution in [2.24, 2.45) is 0 Å². The molecule has 1 heterocycles. The van der Waals surface area contributed by atoms with Gasteiger partial charge < -0.3 is 9.26 Å². The van der Waals surface area contributed by atoms with E-state index in [0.717, 1.165) is 35.0 Å². The van der Waals surface area contributed by atoms with E-state index in [4.69, 9.17) is 9.26 Å². The third-order valence-corrected chi connectivity index (χ3v) is 7.45. The van der Waals surface area contributed by atoms with Gasteiger partial charge in [0.05, 0.1) is 7.11 Å². The molecule has 2 aliphatic rings. The van der Waals surface area contributed by atoms with E-state index in [1.165, 1.54) is 18.7 Å². The lowest BCUT2D eigenvalue weighted by molar-refractivity contribution is 0.401. The maximum atomic E-state index is 13.7. The Kier molecular flexibility index (Phi) is 4.05. The normalized spacial score (nSPS) is 16.2. The lowest BCUT2D eigenvalue weighted by Gasteiger charge is -2.24. The fraction of sp³-hybridized carbons (Fsp3) is 0.250. The number of hydrogen-bond donors (Lipinski definition) is 1. The highest BCUT2D eigenvalue weighted by atomic mass is 79.9. The molecule has 0 atom stereocenters. The maximum absolute atomic E-state index is 13.7. The molecule has 0 unspecified atom stereocenters. The van der Waals surface area contributed by atoms with Gasteiger partial charge in [0.1, 0.15) is 16.5 Å². The van der Waals surface area contributed by atoms with Gasteiger partial charge in [0.25, 0.3) is 10.0 Å². The summed E-state index contributed by atoms with van der Waals surface area (Å²) in [4.78, 5) is -0.295. The van der Waals surface area contributed by atoms with Crippen molar-refractivity contribution in [3.8, 4) is 17.1 Å². The average molecular weight is 479 g/mol. The summed E-state index contributed by atoms with van der Waals surface area (Å²) in [5, 5.41) is 3.99. The molecule has 9 heteroatoms. The Morgan fingerprint density at radius 2 is 2.03 bits per heavy atom. The van der Waals surface area contributed by atoms with Crippen molar-refractivity contribution in [3.05, 3.63) is 57.8 Å². The van der Waals surface area contributed by atoms with E-state index in [1.54, 1.807) is 0 Å². The number of methoxy groups -OCH3 is 1. The number of nitrogens with zero attached hydrogens (tertiary/aromatic N) is 1. The summed E-state index contributed by atoms with van der Waals surface area (Å²) in [6, 6.07) is 9.38. The first kappa shape index (κ1) is 18.6. The number of fused-ring (bicyclic) bond motifs is 4. The first-order valence-corrected chi connectivity index (χ1v) is 11.3. The van der Waals surface area contributed by atoms with Gasteiger partial charge in [-0.3, -0.25) is 4.72 Å². The molecule has 2 aliphatic carbocycles. The van der Waals surface area contributed by atoms with Gasteiger partial charge in [0.2, 0.25) is 0 Å².